The van der Waals surface area contributed by atoms with E-state index in [1.54, 1.807) is 36.5 Å². The molecule has 0 aliphatic carbocycles. The Labute approximate surface area is 156 Å². The van der Waals surface area contributed by atoms with E-state index in [0.717, 1.165) is 11.3 Å². The molecular weight excluding hydrogens is 353 g/mol. The van der Waals surface area contributed by atoms with Crippen LogP contribution in [0.15, 0.2) is 60.8 Å². The van der Waals surface area contributed by atoms with E-state index >= 15 is 0 Å². The highest BCUT2D eigenvalue weighted by molar-refractivity contribution is 6.31. The van der Waals surface area contributed by atoms with Gasteiger partial charge in [-0.1, -0.05) is 35.9 Å². The molecule has 3 rings (SSSR count). The molecule has 6 heteroatoms. The summed E-state index contributed by atoms with van der Waals surface area (Å²) in [6.07, 6.45) is 1.54. The van der Waals surface area contributed by atoms with E-state index in [4.69, 9.17) is 11.6 Å². The van der Waals surface area contributed by atoms with Gasteiger partial charge in [0.2, 0.25) is 0 Å². The lowest BCUT2D eigenvalue weighted by Gasteiger charge is -2.11. The highest BCUT2D eigenvalue weighted by Crippen LogP contribution is 2.26. The molecule has 26 heavy (non-hydrogen) atoms. The summed E-state index contributed by atoms with van der Waals surface area (Å²) >= 11 is 6.13. The lowest BCUT2D eigenvalue weighted by Crippen LogP contribution is -2.24. The van der Waals surface area contributed by atoms with Crippen molar-refractivity contribution in [2.24, 2.45) is 0 Å². The third-order valence-electron chi connectivity index (χ3n) is 3.94. The van der Waals surface area contributed by atoms with Crippen molar-refractivity contribution >= 4 is 28.9 Å². The fourth-order valence-electron chi connectivity index (χ4n) is 2.44. The van der Waals surface area contributed by atoms with Gasteiger partial charge in [-0.15, -0.1) is 0 Å². The molecule has 1 amide bonds. The number of aromatic nitrogens is 1. The maximum atomic E-state index is 13.6. The first-order valence-corrected chi connectivity index (χ1v) is 8.42. The number of carbonyl (C=O) groups is 1. The lowest BCUT2D eigenvalue weighted by molar-refractivity contribution is 0.0945. The van der Waals surface area contributed by atoms with Gasteiger partial charge >= 0.3 is 0 Å². The fraction of sp³-hybridized carbons (Fsp3) is 0.100. The molecule has 1 aromatic heterocycles. The van der Waals surface area contributed by atoms with Crippen molar-refractivity contribution in [1.82, 2.24) is 10.3 Å². The summed E-state index contributed by atoms with van der Waals surface area (Å²) in [5.41, 5.74) is 3.13. The van der Waals surface area contributed by atoms with Crippen LogP contribution < -0.4 is 10.6 Å². The normalized spacial score (nSPS) is 10.4. The van der Waals surface area contributed by atoms with Crippen LogP contribution in [0.3, 0.4) is 0 Å². The Morgan fingerprint density at radius 3 is 2.77 bits per heavy atom. The van der Waals surface area contributed by atoms with E-state index in [1.807, 2.05) is 25.1 Å². The van der Waals surface area contributed by atoms with Gasteiger partial charge in [-0.3, -0.25) is 9.78 Å². The highest BCUT2D eigenvalue weighted by atomic mass is 35.5. The summed E-state index contributed by atoms with van der Waals surface area (Å²) in [5.74, 6) is -0.729. The van der Waals surface area contributed by atoms with Gasteiger partial charge in [0.15, 0.2) is 0 Å². The minimum atomic E-state index is -0.375. The number of carbonyl (C=O) groups excluding carboxylic acids is 1. The van der Waals surface area contributed by atoms with Crippen LogP contribution >= 0.6 is 11.6 Å². The first-order chi connectivity index (χ1) is 12.5. The largest absolute Gasteiger partial charge is 0.355 e. The van der Waals surface area contributed by atoms with Gasteiger partial charge in [-0.25, -0.2) is 4.39 Å². The van der Waals surface area contributed by atoms with Crippen LogP contribution in [0.25, 0.3) is 0 Å². The molecule has 0 aliphatic rings. The third kappa shape index (κ3) is 4.18. The zero-order valence-electron chi connectivity index (χ0n) is 14.1. The van der Waals surface area contributed by atoms with E-state index in [0.29, 0.717) is 16.3 Å². The van der Waals surface area contributed by atoms with Crippen molar-refractivity contribution in [2.75, 3.05) is 5.32 Å². The number of amides is 1. The van der Waals surface area contributed by atoms with Crippen LogP contribution in [-0.4, -0.2) is 10.9 Å². The average molecular weight is 370 g/mol. The molecule has 0 aliphatic heterocycles. The fourth-order valence-corrected chi connectivity index (χ4v) is 2.61. The van der Waals surface area contributed by atoms with Crippen molar-refractivity contribution < 1.29 is 9.18 Å². The Hall–Kier alpha value is -2.92. The molecule has 0 saturated heterocycles. The molecule has 0 radical (unpaired) electrons. The molecule has 0 unspecified atom stereocenters. The molecular formula is C20H17ClFN3O. The maximum Gasteiger partial charge on any atom is 0.270 e. The van der Waals surface area contributed by atoms with Crippen molar-refractivity contribution in [2.45, 2.75) is 13.5 Å². The zero-order chi connectivity index (χ0) is 18.5. The number of nitrogens with zero attached hydrogens (tertiary/aromatic N) is 1. The average Bonchev–Trinajstić information content (AvgIpc) is 2.65. The number of halogens is 2. The van der Waals surface area contributed by atoms with Crippen LogP contribution in [0.1, 0.15) is 21.6 Å². The molecule has 0 saturated carbocycles. The minimum absolute atomic E-state index is 0.0955. The number of hydrogen-bond acceptors (Lipinski definition) is 3. The van der Waals surface area contributed by atoms with E-state index in [1.165, 1.54) is 6.07 Å². The Morgan fingerprint density at radius 1 is 1.15 bits per heavy atom. The summed E-state index contributed by atoms with van der Waals surface area (Å²) in [6.45, 7) is 2.01. The standard InChI is InChI=1S/C20H17ClFN3O/c1-13-16(21)6-4-8-18(13)25-15-9-10-23-19(11-15)20(26)24-12-14-5-2-3-7-17(14)22/h2-11H,12H2,1H3,(H,23,25)(H,24,26). The third-order valence-corrected chi connectivity index (χ3v) is 4.35. The molecule has 0 atom stereocenters. The second-order valence-electron chi connectivity index (χ2n) is 5.74. The van der Waals surface area contributed by atoms with Gasteiger partial charge in [0.25, 0.3) is 5.91 Å². The molecule has 4 nitrogen and oxygen atoms in total. The van der Waals surface area contributed by atoms with Crippen LogP contribution in [0.4, 0.5) is 15.8 Å². The van der Waals surface area contributed by atoms with Gasteiger partial charge in [-0.2, -0.15) is 0 Å². The monoisotopic (exact) mass is 369 g/mol. The highest BCUT2D eigenvalue weighted by Gasteiger charge is 2.10. The topological polar surface area (TPSA) is 54.0 Å². The summed E-state index contributed by atoms with van der Waals surface area (Å²) in [4.78, 5) is 16.4. The molecule has 3 aromatic rings. The minimum Gasteiger partial charge on any atom is -0.355 e. The predicted molar refractivity (Wildman–Crippen MR) is 101 cm³/mol. The molecule has 0 bridgehead atoms. The first-order valence-electron chi connectivity index (χ1n) is 8.04. The number of pyridine rings is 1. The molecule has 2 aromatic carbocycles. The number of nitrogens with one attached hydrogen (secondary N) is 2. The van der Waals surface area contributed by atoms with Crippen molar-refractivity contribution in [3.8, 4) is 0 Å². The first kappa shape index (κ1) is 17.9. The van der Waals surface area contributed by atoms with Crippen molar-refractivity contribution in [3.63, 3.8) is 0 Å². The Bertz CT molecular complexity index is 946. The van der Waals surface area contributed by atoms with Crippen LogP contribution in [0, 0.1) is 12.7 Å². The molecule has 1 heterocycles. The van der Waals surface area contributed by atoms with Crippen molar-refractivity contribution in [3.05, 3.63) is 88.5 Å². The number of anilines is 2. The summed E-state index contributed by atoms with van der Waals surface area (Å²) < 4.78 is 13.6. The second kappa shape index (κ2) is 7.97. The Kier molecular flexibility index (Phi) is 5.49. The quantitative estimate of drug-likeness (QED) is 0.675. The Balaban J connectivity index is 1.71. The number of rotatable bonds is 5. The maximum absolute atomic E-state index is 13.6. The van der Waals surface area contributed by atoms with E-state index < -0.39 is 0 Å². The molecule has 132 valence electrons. The molecule has 0 spiro atoms. The summed E-state index contributed by atoms with van der Waals surface area (Å²) in [6, 6.07) is 15.3. The van der Waals surface area contributed by atoms with E-state index in [2.05, 4.69) is 15.6 Å². The van der Waals surface area contributed by atoms with Gasteiger partial charge in [0.05, 0.1) is 0 Å². The lowest BCUT2D eigenvalue weighted by atomic mass is 10.2. The number of hydrogen-bond donors (Lipinski definition) is 2. The number of benzene rings is 2. The van der Waals surface area contributed by atoms with Gasteiger partial charge < -0.3 is 10.6 Å². The molecule has 0 fully saturated rings. The van der Waals surface area contributed by atoms with Gasteiger partial charge in [-0.05, 0) is 42.8 Å². The van der Waals surface area contributed by atoms with Crippen molar-refractivity contribution in [1.29, 1.82) is 0 Å². The smallest absolute Gasteiger partial charge is 0.270 e. The SMILES string of the molecule is Cc1c(Cl)cccc1Nc1ccnc(C(=O)NCc2ccccc2F)c1. The second-order valence-corrected chi connectivity index (χ2v) is 6.15. The molecule has 2 N–H and O–H groups in total. The summed E-state index contributed by atoms with van der Waals surface area (Å²) in [7, 11) is 0. The van der Waals surface area contributed by atoms with E-state index in [-0.39, 0.29) is 24.0 Å². The van der Waals surface area contributed by atoms with E-state index in [9.17, 15) is 9.18 Å². The predicted octanol–water partition coefficient (Wildman–Crippen LogP) is 4.86. The summed E-state index contributed by atoms with van der Waals surface area (Å²) in [5, 5.41) is 6.56. The van der Waals surface area contributed by atoms with Crippen LogP contribution in [0.2, 0.25) is 5.02 Å². The van der Waals surface area contributed by atoms with Gasteiger partial charge in [0.1, 0.15) is 11.5 Å². The van der Waals surface area contributed by atoms with Crippen LogP contribution in [-0.2, 0) is 6.54 Å². The van der Waals surface area contributed by atoms with Crippen LogP contribution in [0.5, 0.6) is 0 Å². The zero-order valence-corrected chi connectivity index (χ0v) is 14.8. The van der Waals surface area contributed by atoms with Gasteiger partial charge in [0, 0.05) is 34.7 Å². The Morgan fingerprint density at radius 2 is 1.96 bits per heavy atom.